The van der Waals surface area contributed by atoms with Gasteiger partial charge in [0.15, 0.2) is 0 Å². The Balaban J connectivity index is 4.23. The van der Waals surface area contributed by atoms with Gasteiger partial charge in [0.1, 0.15) is 0 Å². The fraction of sp³-hybridized carbons (Fsp3) is 1.00. The third kappa shape index (κ3) is 18.6. The van der Waals surface area contributed by atoms with Crippen molar-refractivity contribution in [3.63, 3.8) is 0 Å². The molecule has 2 unspecified atom stereocenters. The van der Waals surface area contributed by atoms with Crippen molar-refractivity contribution in [2.45, 2.75) is 166 Å². The van der Waals surface area contributed by atoms with Gasteiger partial charge in [-0.15, -0.1) is 0 Å². The van der Waals surface area contributed by atoms with E-state index in [9.17, 15) is 0 Å². The van der Waals surface area contributed by atoms with Crippen LogP contribution in [0, 0.1) is 27.6 Å². The molecule has 0 aliphatic carbocycles. The van der Waals surface area contributed by atoms with Crippen LogP contribution in [0.4, 0.5) is 0 Å². The normalized spacial score (nSPS) is 14.7. The van der Waals surface area contributed by atoms with Gasteiger partial charge in [0.2, 0.25) is 0 Å². The molecule has 0 radical (unpaired) electrons. The van der Waals surface area contributed by atoms with Crippen molar-refractivity contribution in [1.29, 1.82) is 0 Å². The van der Waals surface area contributed by atoms with E-state index in [1.807, 2.05) is 0 Å². The first-order chi connectivity index (χ1) is 15.5. The molecule has 0 N–H and O–H groups in total. The number of hydrogen-bond acceptors (Lipinski definition) is 1. The van der Waals surface area contributed by atoms with E-state index in [0.717, 1.165) is 5.92 Å². The third-order valence-electron chi connectivity index (χ3n) is 8.56. The standard InChI is InChI=1S/C32H68NP/c1-29(2,3)23-17-14-12-13-15-18-25-31(7,8)32(9,10)26-19-16-21-28(27-33(11)34)22-20-24-30(4,5)6/h28H,12-27,34H2,1-11H3. The van der Waals surface area contributed by atoms with Crippen molar-refractivity contribution in [3.05, 3.63) is 0 Å². The van der Waals surface area contributed by atoms with Crippen LogP contribution in [0.1, 0.15) is 166 Å². The van der Waals surface area contributed by atoms with Crippen LogP contribution >= 0.6 is 9.39 Å². The maximum Gasteiger partial charge on any atom is 0.00415 e. The summed E-state index contributed by atoms with van der Waals surface area (Å²) in [6, 6.07) is 0. The summed E-state index contributed by atoms with van der Waals surface area (Å²) in [5, 5.41) is 0. The monoisotopic (exact) mass is 498 g/mol. The SMILES string of the molecule is CN(P)CC(CCCCC(C)(C)C(C)(C)CCCCCCCCC(C)(C)C)CCCC(C)(C)C. The van der Waals surface area contributed by atoms with Gasteiger partial charge in [0, 0.05) is 6.54 Å². The van der Waals surface area contributed by atoms with E-state index in [0.29, 0.717) is 21.7 Å². The van der Waals surface area contributed by atoms with Gasteiger partial charge in [0.25, 0.3) is 0 Å². The average Bonchev–Trinajstić information content (AvgIpc) is 2.64. The van der Waals surface area contributed by atoms with Crippen molar-refractivity contribution < 1.29 is 0 Å². The fourth-order valence-corrected chi connectivity index (χ4v) is 5.56. The lowest BCUT2D eigenvalue weighted by atomic mass is 9.63. The summed E-state index contributed by atoms with van der Waals surface area (Å²) in [6.45, 7) is 25.6. The highest BCUT2D eigenvalue weighted by atomic mass is 31.0. The Labute approximate surface area is 220 Å². The van der Waals surface area contributed by atoms with E-state index in [1.165, 1.54) is 103 Å². The van der Waals surface area contributed by atoms with Gasteiger partial charge in [-0.3, -0.25) is 4.67 Å². The zero-order valence-electron chi connectivity index (χ0n) is 25.9. The summed E-state index contributed by atoms with van der Waals surface area (Å²) < 4.78 is 2.32. The predicted molar refractivity (Wildman–Crippen MR) is 162 cm³/mol. The second-order valence-electron chi connectivity index (χ2n) is 15.5. The smallest absolute Gasteiger partial charge is 0.00415 e. The molecule has 0 amide bonds. The summed E-state index contributed by atoms with van der Waals surface area (Å²) in [6.07, 6.45) is 21.0. The molecule has 0 aromatic heterocycles. The highest BCUT2D eigenvalue weighted by molar-refractivity contribution is 7.13. The molecule has 2 heteroatoms. The van der Waals surface area contributed by atoms with Gasteiger partial charge in [0.05, 0.1) is 0 Å². The van der Waals surface area contributed by atoms with Gasteiger partial charge in [-0.25, -0.2) is 0 Å². The number of unbranched alkanes of at least 4 members (excludes halogenated alkanes) is 6. The average molecular weight is 498 g/mol. The second kappa shape index (κ2) is 16.3. The van der Waals surface area contributed by atoms with Gasteiger partial charge in [-0.2, -0.15) is 0 Å². The van der Waals surface area contributed by atoms with E-state index in [1.54, 1.807) is 0 Å². The fourth-order valence-electron chi connectivity index (χ4n) is 5.26. The van der Waals surface area contributed by atoms with Crippen LogP contribution in [-0.2, 0) is 0 Å². The van der Waals surface area contributed by atoms with Gasteiger partial charge in [-0.1, -0.05) is 136 Å². The molecule has 0 rings (SSSR count). The van der Waals surface area contributed by atoms with Crippen LogP contribution in [0.15, 0.2) is 0 Å². The van der Waals surface area contributed by atoms with E-state index in [2.05, 4.69) is 90.3 Å². The van der Waals surface area contributed by atoms with Crippen molar-refractivity contribution in [2.75, 3.05) is 13.6 Å². The lowest BCUT2D eigenvalue weighted by Gasteiger charge is -2.42. The molecule has 206 valence electrons. The Hall–Kier alpha value is 0.390. The Morgan fingerprint density at radius 1 is 0.500 bits per heavy atom. The summed E-state index contributed by atoms with van der Waals surface area (Å²) >= 11 is 0. The Bertz CT molecular complexity index is 492. The van der Waals surface area contributed by atoms with E-state index in [-0.39, 0.29) is 0 Å². The van der Waals surface area contributed by atoms with Crippen LogP contribution in [0.2, 0.25) is 0 Å². The van der Waals surface area contributed by atoms with Gasteiger partial charge < -0.3 is 0 Å². The molecule has 0 aromatic rings. The molecule has 0 fully saturated rings. The van der Waals surface area contributed by atoms with Crippen LogP contribution in [0.25, 0.3) is 0 Å². The third-order valence-corrected chi connectivity index (χ3v) is 8.77. The summed E-state index contributed by atoms with van der Waals surface area (Å²) in [7, 11) is 5.08. The van der Waals surface area contributed by atoms with Crippen molar-refractivity contribution in [1.82, 2.24) is 4.67 Å². The molecule has 34 heavy (non-hydrogen) atoms. The first kappa shape index (κ1) is 34.4. The first-order valence-electron chi connectivity index (χ1n) is 14.9. The summed E-state index contributed by atoms with van der Waals surface area (Å²) in [5.74, 6) is 0.851. The lowest BCUT2D eigenvalue weighted by Crippen LogP contribution is -2.32. The van der Waals surface area contributed by atoms with E-state index >= 15 is 0 Å². The summed E-state index contributed by atoms with van der Waals surface area (Å²) in [4.78, 5) is 0. The molecular formula is C32H68NP. The number of rotatable bonds is 19. The molecule has 0 aliphatic rings. The van der Waals surface area contributed by atoms with Crippen LogP contribution in [0.3, 0.4) is 0 Å². The quantitative estimate of drug-likeness (QED) is 0.127. The van der Waals surface area contributed by atoms with E-state index in [4.69, 9.17) is 0 Å². The Morgan fingerprint density at radius 3 is 1.29 bits per heavy atom. The maximum absolute atomic E-state index is 2.87. The Morgan fingerprint density at radius 2 is 0.853 bits per heavy atom. The molecule has 0 saturated carbocycles. The highest BCUT2D eigenvalue weighted by Crippen LogP contribution is 2.46. The largest absolute Gasteiger partial charge is 0.290 e. The molecule has 0 heterocycles. The minimum Gasteiger partial charge on any atom is -0.290 e. The lowest BCUT2D eigenvalue weighted by molar-refractivity contribution is 0.0808. The zero-order chi connectivity index (χ0) is 26.5. The maximum atomic E-state index is 2.87. The van der Waals surface area contributed by atoms with Crippen LogP contribution < -0.4 is 0 Å². The first-order valence-corrected chi connectivity index (χ1v) is 15.4. The molecule has 0 saturated heterocycles. The molecular weight excluding hydrogens is 429 g/mol. The van der Waals surface area contributed by atoms with Crippen molar-refractivity contribution in [3.8, 4) is 0 Å². The second-order valence-corrected chi connectivity index (χ2v) is 16.3. The highest BCUT2D eigenvalue weighted by Gasteiger charge is 2.35. The molecule has 0 aromatic carbocycles. The topological polar surface area (TPSA) is 3.24 Å². The minimum atomic E-state index is 0.429. The van der Waals surface area contributed by atoms with E-state index < -0.39 is 0 Å². The molecule has 0 bridgehead atoms. The summed E-state index contributed by atoms with van der Waals surface area (Å²) in [5.41, 5.74) is 1.85. The predicted octanol–water partition coefficient (Wildman–Crippen LogP) is 11.3. The van der Waals surface area contributed by atoms with Crippen molar-refractivity contribution >= 4 is 9.39 Å². The molecule has 0 aliphatic heterocycles. The number of hydrogen-bond donors (Lipinski definition) is 0. The Kier molecular flexibility index (Phi) is 16.5. The van der Waals surface area contributed by atoms with Crippen LogP contribution in [-0.4, -0.2) is 18.3 Å². The number of nitrogens with zero attached hydrogens (tertiary/aromatic N) is 1. The molecule has 0 spiro atoms. The van der Waals surface area contributed by atoms with Crippen molar-refractivity contribution in [2.24, 2.45) is 27.6 Å². The van der Waals surface area contributed by atoms with Gasteiger partial charge >= 0.3 is 0 Å². The minimum absolute atomic E-state index is 0.429. The van der Waals surface area contributed by atoms with Gasteiger partial charge in [-0.05, 0) is 73.2 Å². The van der Waals surface area contributed by atoms with Crippen LogP contribution in [0.5, 0.6) is 0 Å². The molecule has 2 atom stereocenters. The zero-order valence-corrected chi connectivity index (χ0v) is 27.1. The molecule has 1 nitrogen and oxygen atoms in total.